The van der Waals surface area contributed by atoms with Crippen LogP contribution in [0.25, 0.3) is 0 Å². The molecule has 0 bridgehead atoms. The first kappa shape index (κ1) is 15.4. The molecule has 0 aliphatic carbocycles. The number of rotatable bonds is 6. The van der Waals surface area contributed by atoms with Crippen LogP contribution in [0.1, 0.15) is 24.1 Å². The predicted octanol–water partition coefficient (Wildman–Crippen LogP) is 3.26. The molecule has 0 saturated heterocycles. The molecule has 2 rings (SSSR count). The summed E-state index contributed by atoms with van der Waals surface area (Å²) >= 11 is 0. The fourth-order valence-electron chi connectivity index (χ4n) is 2.26. The van der Waals surface area contributed by atoms with Gasteiger partial charge in [-0.05, 0) is 42.3 Å². The normalized spacial score (nSPS) is 12.2. The monoisotopic (exact) mass is 292 g/mol. The van der Waals surface area contributed by atoms with Crippen molar-refractivity contribution in [3.8, 4) is 5.75 Å². The third-order valence-electron chi connectivity index (χ3n) is 3.19. The summed E-state index contributed by atoms with van der Waals surface area (Å²) in [6, 6.07) is 5.36. The Morgan fingerprint density at radius 2 is 1.86 bits per heavy atom. The smallest absolute Gasteiger partial charge is 0.137 e. The van der Waals surface area contributed by atoms with Gasteiger partial charge in [0.05, 0.1) is 13.3 Å². The zero-order valence-electron chi connectivity index (χ0n) is 12.1. The van der Waals surface area contributed by atoms with Crippen molar-refractivity contribution in [1.29, 1.82) is 0 Å². The molecule has 0 aliphatic heterocycles. The lowest BCUT2D eigenvalue weighted by atomic mass is 10.00. The van der Waals surface area contributed by atoms with Crippen molar-refractivity contribution in [2.45, 2.75) is 19.4 Å². The van der Waals surface area contributed by atoms with Crippen LogP contribution in [0, 0.1) is 11.6 Å². The van der Waals surface area contributed by atoms with Crippen LogP contribution in [0.5, 0.6) is 5.75 Å². The molecule has 1 aromatic carbocycles. The number of halogens is 2. The van der Waals surface area contributed by atoms with E-state index in [4.69, 9.17) is 4.74 Å². The van der Waals surface area contributed by atoms with Crippen LogP contribution in [0.15, 0.2) is 36.7 Å². The standard InChI is InChI=1S/C16H18F2N2O/c1-3-20-16(12-7-15(21-2)10-19-9-12)6-11-4-13(17)8-14(18)5-11/h4-5,7-10,16,20H,3,6H2,1-2H3. The molecule has 1 atom stereocenters. The number of pyridine rings is 1. The summed E-state index contributed by atoms with van der Waals surface area (Å²) in [5.41, 5.74) is 1.52. The van der Waals surface area contributed by atoms with Crippen molar-refractivity contribution in [1.82, 2.24) is 10.3 Å². The van der Waals surface area contributed by atoms with Crippen molar-refractivity contribution in [2.75, 3.05) is 13.7 Å². The summed E-state index contributed by atoms with van der Waals surface area (Å²) < 4.78 is 31.7. The fourth-order valence-corrected chi connectivity index (χ4v) is 2.26. The number of hydrogen-bond acceptors (Lipinski definition) is 3. The minimum atomic E-state index is -0.566. The van der Waals surface area contributed by atoms with E-state index in [-0.39, 0.29) is 6.04 Å². The number of hydrogen-bond donors (Lipinski definition) is 1. The highest BCUT2D eigenvalue weighted by atomic mass is 19.1. The van der Waals surface area contributed by atoms with E-state index in [0.29, 0.717) is 17.7 Å². The first-order valence-electron chi connectivity index (χ1n) is 6.79. The zero-order chi connectivity index (χ0) is 15.2. The Kier molecular flexibility index (Phi) is 5.22. The molecule has 0 saturated carbocycles. The van der Waals surface area contributed by atoms with Crippen molar-refractivity contribution >= 4 is 0 Å². The van der Waals surface area contributed by atoms with Gasteiger partial charge in [0.2, 0.25) is 0 Å². The van der Waals surface area contributed by atoms with Crippen LogP contribution < -0.4 is 10.1 Å². The van der Waals surface area contributed by atoms with Gasteiger partial charge in [0.25, 0.3) is 0 Å². The van der Waals surface area contributed by atoms with Gasteiger partial charge >= 0.3 is 0 Å². The predicted molar refractivity (Wildman–Crippen MR) is 77.3 cm³/mol. The number of ether oxygens (including phenoxy) is 1. The summed E-state index contributed by atoms with van der Waals surface area (Å²) in [5.74, 6) is -0.478. The molecular weight excluding hydrogens is 274 g/mol. The molecule has 3 nitrogen and oxygen atoms in total. The zero-order valence-corrected chi connectivity index (χ0v) is 12.1. The average Bonchev–Trinajstić information content (AvgIpc) is 2.46. The highest BCUT2D eigenvalue weighted by Gasteiger charge is 2.14. The van der Waals surface area contributed by atoms with E-state index in [0.717, 1.165) is 18.2 Å². The lowest BCUT2D eigenvalue weighted by Crippen LogP contribution is -2.23. The molecule has 0 fully saturated rings. The molecule has 0 radical (unpaired) electrons. The fraction of sp³-hybridized carbons (Fsp3) is 0.312. The second-order valence-electron chi connectivity index (χ2n) is 4.75. The topological polar surface area (TPSA) is 34.2 Å². The van der Waals surface area contributed by atoms with Gasteiger partial charge in [0.1, 0.15) is 17.4 Å². The van der Waals surface area contributed by atoms with E-state index in [1.165, 1.54) is 12.1 Å². The molecule has 0 amide bonds. The van der Waals surface area contributed by atoms with Gasteiger partial charge in [-0.25, -0.2) is 8.78 Å². The van der Waals surface area contributed by atoms with Gasteiger partial charge in [-0.1, -0.05) is 6.92 Å². The number of nitrogens with one attached hydrogen (secondary N) is 1. The minimum Gasteiger partial charge on any atom is -0.495 e. The van der Waals surface area contributed by atoms with Crippen LogP contribution in [0.4, 0.5) is 8.78 Å². The van der Waals surface area contributed by atoms with Gasteiger partial charge in [-0.2, -0.15) is 0 Å². The summed E-state index contributed by atoms with van der Waals surface area (Å²) in [5, 5.41) is 3.30. The number of benzene rings is 1. The van der Waals surface area contributed by atoms with Gasteiger partial charge < -0.3 is 10.1 Å². The molecule has 5 heteroatoms. The summed E-state index contributed by atoms with van der Waals surface area (Å²) in [6.45, 7) is 2.71. The van der Waals surface area contributed by atoms with E-state index in [9.17, 15) is 8.78 Å². The van der Waals surface area contributed by atoms with Gasteiger partial charge in [0, 0.05) is 18.3 Å². The maximum Gasteiger partial charge on any atom is 0.137 e. The maximum absolute atomic E-state index is 13.3. The van der Waals surface area contributed by atoms with Crippen LogP contribution in [-0.4, -0.2) is 18.6 Å². The molecule has 1 N–H and O–H groups in total. The van der Waals surface area contributed by atoms with Crippen LogP contribution in [0.2, 0.25) is 0 Å². The molecule has 112 valence electrons. The van der Waals surface area contributed by atoms with Crippen molar-refractivity contribution < 1.29 is 13.5 Å². The van der Waals surface area contributed by atoms with Crippen LogP contribution in [-0.2, 0) is 6.42 Å². The van der Waals surface area contributed by atoms with Gasteiger partial charge in [-0.3, -0.25) is 4.98 Å². The number of methoxy groups -OCH3 is 1. The van der Waals surface area contributed by atoms with Crippen LogP contribution in [0.3, 0.4) is 0 Å². The van der Waals surface area contributed by atoms with Crippen molar-refractivity contribution in [3.63, 3.8) is 0 Å². The maximum atomic E-state index is 13.3. The molecule has 0 aliphatic rings. The first-order valence-corrected chi connectivity index (χ1v) is 6.79. The molecule has 21 heavy (non-hydrogen) atoms. The van der Waals surface area contributed by atoms with E-state index < -0.39 is 11.6 Å². The van der Waals surface area contributed by atoms with Crippen LogP contribution >= 0.6 is 0 Å². The Bertz CT molecular complexity index is 584. The third kappa shape index (κ3) is 4.23. The Hall–Kier alpha value is -2.01. The number of aromatic nitrogens is 1. The largest absolute Gasteiger partial charge is 0.495 e. The Morgan fingerprint density at radius 3 is 2.48 bits per heavy atom. The highest BCUT2D eigenvalue weighted by Crippen LogP contribution is 2.22. The molecular formula is C16H18F2N2O. The van der Waals surface area contributed by atoms with Crippen molar-refractivity contribution in [3.05, 3.63) is 59.4 Å². The Labute approximate surface area is 123 Å². The van der Waals surface area contributed by atoms with E-state index in [1.54, 1.807) is 19.5 Å². The van der Waals surface area contributed by atoms with Gasteiger partial charge in [0.15, 0.2) is 0 Å². The minimum absolute atomic E-state index is 0.0844. The SMILES string of the molecule is CCNC(Cc1cc(F)cc(F)c1)c1cncc(OC)c1. The highest BCUT2D eigenvalue weighted by molar-refractivity contribution is 5.28. The van der Waals surface area contributed by atoms with Gasteiger partial charge in [-0.15, -0.1) is 0 Å². The lowest BCUT2D eigenvalue weighted by molar-refractivity contribution is 0.410. The van der Waals surface area contributed by atoms with E-state index in [2.05, 4.69) is 10.3 Å². The molecule has 1 unspecified atom stereocenters. The molecule has 2 aromatic rings. The summed E-state index contributed by atoms with van der Waals surface area (Å²) in [7, 11) is 1.57. The number of likely N-dealkylation sites (N-methyl/N-ethyl adjacent to an activating group) is 1. The molecule has 0 spiro atoms. The van der Waals surface area contributed by atoms with Crippen molar-refractivity contribution in [2.24, 2.45) is 0 Å². The second-order valence-corrected chi connectivity index (χ2v) is 4.75. The van der Waals surface area contributed by atoms with E-state index >= 15 is 0 Å². The quantitative estimate of drug-likeness (QED) is 0.887. The summed E-state index contributed by atoms with van der Waals surface area (Å²) in [4.78, 5) is 4.12. The Morgan fingerprint density at radius 1 is 1.14 bits per heavy atom. The summed E-state index contributed by atoms with van der Waals surface area (Å²) in [6.07, 6.45) is 3.82. The number of nitrogens with zero attached hydrogens (tertiary/aromatic N) is 1. The van der Waals surface area contributed by atoms with E-state index in [1.807, 2.05) is 13.0 Å². The molecule has 1 heterocycles. The first-order chi connectivity index (χ1) is 10.1. The second kappa shape index (κ2) is 7.13. The lowest BCUT2D eigenvalue weighted by Gasteiger charge is -2.19. The Balaban J connectivity index is 2.25. The average molecular weight is 292 g/mol. The third-order valence-corrected chi connectivity index (χ3v) is 3.19. The molecule has 1 aromatic heterocycles.